The highest BCUT2D eigenvalue weighted by Crippen LogP contribution is 2.34. The Labute approximate surface area is 147 Å². The summed E-state index contributed by atoms with van der Waals surface area (Å²) in [7, 11) is 0. The van der Waals surface area contributed by atoms with E-state index < -0.39 is 0 Å². The standard InChI is InChI=1S/C16H15BrCl2O3/c1-2-21-15-6-11(8-20)12(17)7-16(15)22-9-10-3-4-13(18)14(19)5-10/h3-7,20H,2,8-9H2,1H3. The summed E-state index contributed by atoms with van der Waals surface area (Å²) < 4.78 is 12.1. The van der Waals surface area contributed by atoms with Gasteiger partial charge >= 0.3 is 0 Å². The smallest absolute Gasteiger partial charge is 0.162 e. The van der Waals surface area contributed by atoms with Gasteiger partial charge < -0.3 is 14.6 Å². The van der Waals surface area contributed by atoms with Crippen molar-refractivity contribution in [3.63, 3.8) is 0 Å². The minimum Gasteiger partial charge on any atom is -0.490 e. The molecule has 3 nitrogen and oxygen atoms in total. The molecule has 0 radical (unpaired) electrons. The van der Waals surface area contributed by atoms with Crippen LogP contribution < -0.4 is 9.47 Å². The lowest BCUT2D eigenvalue weighted by Gasteiger charge is -2.14. The third-order valence-corrected chi connectivity index (χ3v) is 4.44. The van der Waals surface area contributed by atoms with Gasteiger partial charge in [0.05, 0.1) is 23.3 Å². The first kappa shape index (κ1) is 17.4. The lowest BCUT2D eigenvalue weighted by Crippen LogP contribution is -2.01. The molecule has 0 amide bonds. The summed E-state index contributed by atoms with van der Waals surface area (Å²) in [6.07, 6.45) is 0. The topological polar surface area (TPSA) is 38.7 Å². The van der Waals surface area contributed by atoms with Crippen LogP contribution in [0.3, 0.4) is 0 Å². The van der Waals surface area contributed by atoms with Crippen molar-refractivity contribution in [3.8, 4) is 11.5 Å². The number of halogens is 3. The number of rotatable bonds is 6. The molecule has 0 saturated heterocycles. The number of aliphatic hydroxyl groups excluding tert-OH is 1. The fourth-order valence-corrected chi connectivity index (χ4v) is 2.64. The third kappa shape index (κ3) is 4.29. The average molecular weight is 406 g/mol. The Kier molecular flexibility index (Phi) is 6.38. The quantitative estimate of drug-likeness (QED) is 0.715. The second-order valence-electron chi connectivity index (χ2n) is 4.52. The Morgan fingerprint density at radius 1 is 1.05 bits per heavy atom. The molecule has 22 heavy (non-hydrogen) atoms. The summed E-state index contributed by atoms with van der Waals surface area (Å²) in [5, 5.41) is 10.3. The molecular formula is C16H15BrCl2O3. The van der Waals surface area contributed by atoms with E-state index in [4.69, 9.17) is 32.7 Å². The highest BCUT2D eigenvalue weighted by atomic mass is 79.9. The minimum absolute atomic E-state index is 0.0757. The van der Waals surface area contributed by atoms with E-state index >= 15 is 0 Å². The van der Waals surface area contributed by atoms with Gasteiger partial charge in [-0.15, -0.1) is 0 Å². The van der Waals surface area contributed by atoms with Gasteiger partial charge in [0.25, 0.3) is 0 Å². The zero-order valence-corrected chi connectivity index (χ0v) is 15.0. The summed E-state index contributed by atoms with van der Waals surface area (Å²) in [6.45, 7) is 2.66. The SMILES string of the molecule is CCOc1cc(CO)c(Br)cc1OCc1ccc(Cl)c(Cl)c1. The van der Waals surface area contributed by atoms with Crippen molar-refractivity contribution < 1.29 is 14.6 Å². The summed E-state index contributed by atoms with van der Waals surface area (Å²) in [5.41, 5.74) is 1.64. The number of hydrogen-bond donors (Lipinski definition) is 1. The Morgan fingerprint density at radius 3 is 2.41 bits per heavy atom. The van der Waals surface area contributed by atoms with Crippen LogP contribution in [-0.2, 0) is 13.2 Å². The summed E-state index contributed by atoms with van der Waals surface area (Å²) >= 11 is 15.3. The minimum atomic E-state index is -0.0757. The zero-order chi connectivity index (χ0) is 16.1. The largest absolute Gasteiger partial charge is 0.490 e. The number of benzene rings is 2. The van der Waals surface area contributed by atoms with E-state index in [1.807, 2.05) is 13.0 Å². The van der Waals surface area contributed by atoms with E-state index in [1.165, 1.54) is 0 Å². The van der Waals surface area contributed by atoms with Crippen LogP contribution in [0.4, 0.5) is 0 Å². The van der Waals surface area contributed by atoms with Gasteiger partial charge in [-0.3, -0.25) is 0 Å². The molecule has 6 heteroatoms. The molecule has 118 valence electrons. The molecule has 2 rings (SSSR count). The number of aliphatic hydroxyl groups is 1. The van der Waals surface area contributed by atoms with Gasteiger partial charge in [0.2, 0.25) is 0 Å². The monoisotopic (exact) mass is 404 g/mol. The van der Waals surface area contributed by atoms with Gasteiger partial charge in [0, 0.05) is 4.47 Å². The summed E-state index contributed by atoms with van der Waals surface area (Å²) in [4.78, 5) is 0. The van der Waals surface area contributed by atoms with E-state index in [0.29, 0.717) is 34.8 Å². The maximum Gasteiger partial charge on any atom is 0.162 e. The molecule has 0 bridgehead atoms. The van der Waals surface area contributed by atoms with Crippen LogP contribution in [0.5, 0.6) is 11.5 Å². The van der Waals surface area contributed by atoms with Crippen LogP contribution in [0.1, 0.15) is 18.1 Å². The molecule has 0 atom stereocenters. The van der Waals surface area contributed by atoms with Crippen molar-refractivity contribution in [2.75, 3.05) is 6.61 Å². The van der Waals surface area contributed by atoms with Gasteiger partial charge in [-0.25, -0.2) is 0 Å². The van der Waals surface area contributed by atoms with Crippen LogP contribution >= 0.6 is 39.1 Å². The van der Waals surface area contributed by atoms with Crippen LogP contribution in [0.25, 0.3) is 0 Å². The maximum absolute atomic E-state index is 9.31. The summed E-state index contributed by atoms with van der Waals surface area (Å²) in [5.74, 6) is 1.19. The van der Waals surface area contributed by atoms with Crippen molar-refractivity contribution in [2.24, 2.45) is 0 Å². The van der Waals surface area contributed by atoms with Crippen LogP contribution in [0, 0.1) is 0 Å². The summed E-state index contributed by atoms with van der Waals surface area (Å²) in [6, 6.07) is 8.90. The molecule has 0 unspecified atom stereocenters. The molecule has 2 aromatic rings. The predicted octanol–water partition coefficient (Wildman–Crippen LogP) is 5.23. The molecule has 0 saturated carbocycles. The molecule has 0 aliphatic carbocycles. The number of ether oxygens (including phenoxy) is 2. The average Bonchev–Trinajstić information content (AvgIpc) is 2.50. The molecule has 0 aromatic heterocycles. The first-order valence-corrected chi connectivity index (χ1v) is 8.22. The Hall–Kier alpha value is -0.940. The van der Waals surface area contributed by atoms with Crippen LogP contribution in [0.15, 0.2) is 34.8 Å². The molecule has 0 fully saturated rings. The molecule has 0 aliphatic heterocycles. The first-order valence-electron chi connectivity index (χ1n) is 6.68. The van der Waals surface area contributed by atoms with Crippen molar-refractivity contribution in [2.45, 2.75) is 20.1 Å². The molecule has 1 N–H and O–H groups in total. The molecular weight excluding hydrogens is 391 g/mol. The van der Waals surface area contributed by atoms with Crippen molar-refractivity contribution in [3.05, 3.63) is 56.0 Å². The van der Waals surface area contributed by atoms with Gasteiger partial charge in [0.1, 0.15) is 6.61 Å². The molecule has 2 aromatic carbocycles. The molecule has 0 heterocycles. The second kappa shape index (κ2) is 8.06. The van der Waals surface area contributed by atoms with Crippen molar-refractivity contribution in [1.82, 2.24) is 0 Å². The highest BCUT2D eigenvalue weighted by molar-refractivity contribution is 9.10. The Morgan fingerprint density at radius 2 is 1.77 bits per heavy atom. The van der Waals surface area contributed by atoms with Gasteiger partial charge in [0.15, 0.2) is 11.5 Å². The van der Waals surface area contributed by atoms with Gasteiger partial charge in [-0.05, 0) is 42.3 Å². The normalized spacial score (nSPS) is 10.6. The Bertz CT molecular complexity index is 662. The van der Waals surface area contributed by atoms with Crippen molar-refractivity contribution >= 4 is 39.1 Å². The predicted molar refractivity (Wildman–Crippen MR) is 92.0 cm³/mol. The third-order valence-electron chi connectivity index (χ3n) is 2.96. The van der Waals surface area contributed by atoms with Crippen LogP contribution in [0.2, 0.25) is 10.0 Å². The van der Waals surface area contributed by atoms with Crippen LogP contribution in [-0.4, -0.2) is 11.7 Å². The van der Waals surface area contributed by atoms with Gasteiger partial charge in [-0.1, -0.05) is 45.2 Å². The first-order chi connectivity index (χ1) is 10.5. The fraction of sp³-hybridized carbons (Fsp3) is 0.250. The zero-order valence-electron chi connectivity index (χ0n) is 11.9. The van der Waals surface area contributed by atoms with Crippen molar-refractivity contribution in [1.29, 1.82) is 0 Å². The van der Waals surface area contributed by atoms with Gasteiger partial charge in [-0.2, -0.15) is 0 Å². The fourth-order valence-electron chi connectivity index (χ4n) is 1.87. The molecule has 0 aliphatic rings. The lowest BCUT2D eigenvalue weighted by atomic mass is 10.2. The van der Waals surface area contributed by atoms with E-state index in [2.05, 4.69) is 15.9 Å². The number of hydrogen-bond acceptors (Lipinski definition) is 3. The van der Waals surface area contributed by atoms with E-state index in [-0.39, 0.29) is 6.61 Å². The van der Waals surface area contributed by atoms with E-state index in [0.717, 1.165) is 15.6 Å². The van der Waals surface area contributed by atoms with E-state index in [9.17, 15) is 5.11 Å². The van der Waals surface area contributed by atoms with E-state index in [1.54, 1.807) is 24.3 Å². The lowest BCUT2D eigenvalue weighted by molar-refractivity contribution is 0.263. The second-order valence-corrected chi connectivity index (χ2v) is 6.19. The Balaban J connectivity index is 2.20. The maximum atomic E-state index is 9.31. The molecule has 0 spiro atoms. The highest BCUT2D eigenvalue weighted by Gasteiger charge is 2.11.